The van der Waals surface area contributed by atoms with E-state index in [1.54, 1.807) is 6.92 Å². The summed E-state index contributed by atoms with van der Waals surface area (Å²) in [5.74, 6) is 0.235. The van der Waals surface area contributed by atoms with Crippen molar-refractivity contribution < 1.29 is 9.53 Å². The van der Waals surface area contributed by atoms with Gasteiger partial charge < -0.3 is 10.1 Å². The number of nitrogens with one attached hydrogen (secondary N) is 2. The third-order valence-electron chi connectivity index (χ3n) is 1.90. The van der Waals surface area contributed by atoms with E-state index in [1.165, 1.54) is 6.20 Å². The molecular weight excluding hydrogens is 274 g/mol. The Hall–Kier alpha value is -0.880. The van der Waals surface area contributed by atoms with Gasteiger partial charge in [-0.2, -0.15) is 5.10 Å². The highest BCUT2D eigenvalue weighted by Crippen LogP contribution is 2.18. The first kappa shape index (κ1) is 13.2. The SMILES string of the molecule is CC(C)COC(C)C(=O)Nc1cn[nH]c1Br. The number of carbonyl (C=O) groups is 1. The van der Waals surface area contributed by atoms with E-state index in [0.29, 0.717) is 22.8 Å². The van der Waals surface area contributed by atoms with Crippen LogP contribution in [-0.4, -0.2) is 28.8 Å². The summed E-state index contributed by atoms with van der Waals surface area (Å²) in [5, 5.41) is 9.16. The number of aromatic nitrogens is 2. The average Bonchev–Trinajstić information content (AvgIpc) is 2.60. The molecule has 0 saturated carbocycles. The fourth-order valence-electron chi connectivity index (χ4n) is 1.00. The molecule has 1 amide bonds. The van der Waals surface area contributed by atoms with Crippen molar-refractivity contribution >= 4 is 27.5 Å². The molecule has 0 spiro atoms. The molecule has 0 fully saturated rings. The Kier molecular flexibility index (Phi) is 4.95. The van der Waals surface area contributed by atoms with Crippen LogP contribution in [0, 0.1) is 5.92 Å². The smallest absolute Gasteiger partial charge is 0.253 e. The van der Waals surface area contributed by atoms with Crippen LogP contribution < -0.4 is 5.32 Å². The molecule has 1 heterocycles. The Morgan fingerprint density at radius 3 is 2.81 bits per heavy atom. The lowest BCUT2D eigenvalue weighted by Crippen LogP contribution is -2.28. The zero-order chi connectivity index (χ0) is 12.1. The number of hydrogen-bond acceptors (Lipinski definition) is 3. The first-order chi connectivity index (χ1) is 7.50. The average molecular weight is 290 g/mol. The highest BCUT2D eigenvalue weighted by Gasteiger charge is 2.15. The number of amides is 1. The second-order valence-electron chi connectivity index (χ2n) is 3.96. The normalized spacial score (nSPS) is 12.8. The minimum atomic E-state index is -0.468. The fourth-order valence-corrected chi connectivity index (χ4v) is 1.31. The van der Waals surface area contributed by atoms with Gasteiger partial charge in [0.1, 0.15) is 10.7 Å². The standard InChI is InChI=1S/C10H16BrN3O2/c1-6(2)5-16-7(3)10(15)13-8-4-12-14-9(8)11/h4,6-7H,5H2,1-3H3,(H,12,14)(H,13,15). The molecule has 0 aliphatic carbocycles. The number of rotatable bonds is 5. The Labute approximate surface area is 103 Å². The Bertz CT molecular complexity index is 352. The maximum atomic E-state index is 11.7. The number of ether oxygens (including phenoxy) is 1. The van der Waals surface area contributed by atoms with E-state index in [-0.39, 0.29) is 5.91 Å². The van der Waals surface area contributed by atoms with Crippen LogP contribution >= 0.6 is 15.9 Å². The lowest BCUT2D eigenvalue weighted by atomic mass is 10.2. The summed E-state index contributed by atoms with van der Waals surface area (Å²) in [6.07, 6.45) is 1.07. The number of aromatic amines is 1. The van der Waals surface area contributed by atoms with Crippen LogP contribution in [0.5, 0.6) is 0 Å². The zero-order valence-corrected chi connectivity index (χ0v) is 11.2. The summed E-state index contributed by atoms with van der Waals surface area (Å²) in [6, 6.07) is 0. The van der Waals surface area contributed by atoms with E-state index in [2.05, 4.69) is 31.4 Å². The van der Waals surface area contributed by atoms with E-state index in [4.69, 9.17) is 4.74 Å². The maximum Gasteiger partial charge on any atom is 0.253 e. The molecule has 1 aromatic rings. The number of nitrogens with zero attached hydrogens (tertiary/aromatic N) is 1. The van der Waals surface area contributed by atoms with Gasteiger partial charge in [0.2, 0.25) is 0 Å². The molecule has 0 aliphatic rings. The maximum absolute atomic E-state index is 11.7. The van der Waals surface area contributed by atoms with E-state index in [9.17, 15) is 4.79 Å². The lowest BCUT2D eigenvalue weighted by Gasteiger charge is -2.14. The van der Waals surface area contributed by atoms with Gasteiger partial charge in [-0.15, -0.1) is 0 Å². The number of carbonyl (C=O) groups excluding carboxylic acids is 1. The summed E-state index contributed by atoms with van der Waals surface area (Å²) in [6.45, 7) is 6.38. The van der Waals surface area contributed by atoms with Crippen LogP contribution in [-0.2, 0) is 9.53 Å². The van der Waals surface area contributed by atoms with Crippen molar-refractivity contribution in [3.8, 4) is 0 Å². The van der Waals surface area contributed by atoms with Crippen molar-refractivity contribution in [1.82, 2.24) is 10.2 Å². The van der Waals surface area contributed by atoms with Crippen molar-refractivity contribution in [2.45, 2.75) is 26.9 Å². The minimum absolute atomic E-state index is 0.178. The van der Waals surface area contributed by atoms with E-state index >= 15 is 0 Å². The van der Waals surface area contributed by atoms with E-state index in [1.807, 2.05) is 13.8 Å². The zero-order valence-electron chi connectivity index (χ0n) is 9.58. The Balaban J connectivity index is 2.43. The molecule has 1 atom stereocenters. The van der Waals surface area contributed by atoms with Crippen LogP contribution in [0.3, 0.4) is 0 Å². The summed E-state index contributed by atoms with van der Waals surface area (Å²) >= 11 is 3.23. The second-order valence-corrected chi connectivity index (χ2v) is 4.75. The number of H-pyrrole nitrogens is 1. The molecular formula is C10H16BrN3O2. The van der Waals surface area contributed by atoms with Crippen molar-refractivity contribution in [1.29, 1.82) is 0 Å². The quantitative estimate of drug-likeness (QED) is 0.873. The first-order valence-electron chi connectivity index (χ1n) is 5.12. The number of halogens is 1. The van der Waals surface area contributed by atoms with Crippen molar-refractivity contribution in [2.75, 3.05) is 11.9 Å². The molecule has 0 radical (unpaired) electrons. The van der Waals surface area contributed by atoms with Crippen molar-refractivity contribution in [3.05, 3.63) is 10.8 Å². The van der Waals surface area contributed by atoms with Crippen molar-refractivity contribution in [3.63, 3.8) is 0 Å². The summed E-state index contributed by atoms with van der Waals surface area (Å²) in [7, 11) is 0. The molecule has 90 valence electrons. The summed E-state index contributed by atoms with van der Waals surface area (Å²) in [5.41, 5.74) is 0.616. The largest absolute Gasteiger partial charge is 0.368 e. The molecule has 0 aliphatic heterocycles. The molecule has 0 bridgehead atoms. The third-order valence-corrected chi connectivity index (χ3v) is 2.50. The number of anilines is 1. The van der Waals surface area contributed by atoms with Gasteiger partial charge in [0.05, 0.1) is 11.9 Å². The van der Waals surface area contributed by atoms with Gasteiger partial charge >= 0.3 is 0 Å². The highest BCUT2D eigenvalue weighted by atomic mass is 79.9. The predicted molar refractivity (Wildman–Crippen MR) is 65.2 cm³/mol. The van der Waals surface area contributed by atoms with Crippen molar-refractivity contribution in [2.24, 2.45) is 5.92 Å². The van der Waals surface area contributed by atoms with Gasteiger partial charge in [-0.1, -0.05) is 13.8 Å². The molecule has 1 rings (SSSR count). The topological polar surface area (TPSA) is 67.0 Å². The van der Waals surface area contributed by atoms with Gasteiger partial charge in [-0.3, -0.25) is 9.89 Å². The van der Waals surface area contributed by atoms with Gasteiger partial charge in [-0.25, -0.2) is 0 Å². The minimum Gasteiger partial charge on any atom is -0.368 e. The van der Waals surface area contributed by atoms with E-state index < -0.39 is 6.10 Å². The van der Waals surface area contributed by atoms with Crippen LogP contribution in [0.15, 0.2) is 10.8 Å². The molecule has 6 heteroatoms. The molecule has 1 aromatic heterocycles. The fraction of sp³-hybridized carbons (Fsp3) is 0.600. The molecule has 16 heavy (non-hydrogen) atoms. The molecule has 1 unspecified atom stereocenters. The second kappa shape index (κ2) is 6.00. The van der Waals surface area contributed by atoms with Crippen LogP contribution in [0.25, 0.3) is 0 Å². The molecule has 2 N–H and O–H groups in total. The van der Waals surface area contributed by atoms with Crippen LogP contribution in [0.2, 0.25) is 0 Å². The third kappa shape index (κ3) is 3.94. The summed E-state index contributed by atoms with van der Waals surface area (Å²) in [4.78, 5) is 11.7. The van der Waals surface area contributed by atoms with Gasteiger partial charge in [0.15, 0.2) is 0 Å². The molecule has 0 saturated heterocycles. The van der Waals surface area contributed by atoms with Gasteiger partial charge in [-0.05, 0) is 28.8 Å². The van der Waals surface area contributed by atoms with Gasteiger partial charge in [0, 0.05) is 6.61 Å². The first-order valence-corrected chi connectivity index (χ1v) is 5.91. The lowest BCUT2D eigenvalue weighted by molar-refractivity contribution is -0.126. The highest BCUT2D eigenvalue weighted by molar-refractivity contribution is 9.10. The molecule has 5 nitrogen and oxygen atoms in total. The Morgan fingerprint density at radius 1 is 1.62 bits per heavy atom. The Morgan fingerprint density at radius 2 is 2.31 bits per heavy atom. The monoisotopic (exact) mass is 289 g/mol. The van der Waals surface area contributed by atoms with Crippen LogP contribution in [0.1, 0.15) is 20.8 Å². The van der Waals surface area contributed by atoms with Crippen LogP contribution in [0.4, 0.5) is 5.69 Å². The van der Waals surface area contributed by atoms with Gasteiger partial charge in [0.25, 0.3) is 5.91 Å². The van der Waals surface area contributed by atoms with E-state index in [0.717, 1.165) is 0 Å². The molecule has 0 aromatic carbocycles. The predicted octanol–water partition coefficient (Wildman–Crippen LogP) is 2.17. The number of hydrogen-bond donors (Lipinski definition) is 2. The summed E-state index contributed by atoms with van der Waals surface area (Å²) < 4.78 is 6.05.